The molecule has 0 aliphatic heterocycles. The summed E-state index contributed by atoms with van der Waals surface area (Å²) in [6, 6.07) is -0.771. The Labute approximate surface area is 215 Å². The Hall–Kier alpha value is -1.14. The number of carbonyl (C=O) groups is 2. The highest BCUT2D eigenvalue weighted by Gasteiger charge is 2.58. The molecule has 0 aromatic heterocycles. The highest BCUT2D eigenvalue weighted by atomic mass is 16.3. The van der Waals surface area contributed by atoms with Crippen LogP contribution in [0.2, 0.25) is 0 Å². The number of rotatable bonds is 18. The smallest absolute Gasteiger partial charge is 0.236 e. The molecule has 1 aliphatic carbocycles. The zero-order chi connectivity index (χ0) is 26.9. The highest BCUT2D eigenvalue weighted by Crippen LogP contribution is 2.47. The second-order valence-electron chi connectivity index (χ2n) is 12.1. The maximum absolute atomic E-state index is 13.6. The predicted molar refractivity (Wildman–Crippen MR) is 144 cm³/mol. The zero-order valence-electron chi connectivity index (χ0n) is 24.0. The van der Waals surface area contributed by atoms with Gasteiger partial charge in [-0.05, 0) is 63.2 Å². The van der Waals surface area contributed by atoms with Crippen LogP contribution in [0.4, 0.5) is 0 Å². The van der Waals surface area contributed by atoms with Crippen molar-refractivity contribution < 1.29 is 19.8 Å². The van der Waals surface area contributed by atoms with E-state index in [1.54, 1.807) is 0 Å². The summed E-state index contributed by atoms with van der Waals surface area (Å²) in [5.41, 5.74) is -3.04. The van der Waals surface area contributed by atoms with Crippen molar-refractivity contribution in [3.05, 3.63) is 0 Å². The molecule has 6 heteroatoms. The molecule has 1 rings (SSSR count). The first-order chi connectivity index (χ1) is 16.3. The quantitative estimate of drug-likeness (QED) is 0.189. The number of hydrogen-bond donors (Lipinski definition) is 4. The van der Waals surface area contributed by atoms with Crippen molar-refractivity contribution in [2.24, 2.45) is 17.3 Å². The van der Waals surface area contributed by atoms with Crippen molar-refractivity contribution in [3.8, 4) is 0 Å². The van der Waals surface area contributed by atoms with Crippen LogP contribution in [-0.4, -0.2) is 45.3 Å². The molecule has 1 fully saturated rings. The molecule has 0 aromatic carbocycles. The lowest BCUT2D eigenvalue weighted by Gasteiger charge is -2.40. The molecule has 0 aromatic rings. The number of aliphatic hydroxyl groups is 2. The maximum atomic E-state index is 13.6. The van der Waals surface area contributed by atoms with E-state index in [4.69, 9.17) is 0 Å². The van der Waals surface area contributed by atoms with Crippen molar-refractivity contribution in [2.75, 3.05) is 0 Å². The van der Waals surface area contributed by atoms with Crippen molar-refractivity contribution in [1.29, 1.82) is 0 Å². The van der Waals surface area contributed by atoms with Gasteiger partial charge < -0.3 is 20.8 Å². The Bertz CT molecular complexity index is 593. The molecule has 206 valence electrons. The SMILES string of the molecule is CCCC(O)(CCC)[C@@H](CC(C)C)NC(=O)C1(C(=O)N[C@H](CC(C)C)C(O)(CCC)CCC)CC1. The van der Waals surface area contributed by atoms with E-state index in [0.717, 1.165) is 25.7 Å². The van der Waals surface area contributed by atoms with Crippen molar-refractivity contribution in [2.45, 2.75) is 156 Å². The minimum atomic E-state index is -1.09. The first kappa shape index (κ1) is 31.9. The van der Waals surface area contributed by atoms with Crippen molar-refractivity contribution in [3.63, 3.8) is 0 Å². The second kappa shape index (κ2) is 14.0. The molecule has 0 unspecified atom stereocenters. The van der Waals surface area contributed by atoms with E-state index in [1.807, 2.05) is 27.7 Å². The first-order valence-electron chi connectivity index (χ1n) is 14.4. The summed E-state index contributed by atoms with van der Waals surface area (Å²) in [5, 5.41) is 29.3. The van der Waals surface area contributed by atoms with Crippen LogP contribution in [0.5, 0.6) is 0 Å². The van der Waals surface area contributed by atoms with Gasteiger partial charge in [0, 0.05) is 0 Å². The minimum Gasteiger partial charge on any atom is -0.388 e. The molecule has 35 heavy (non-hydrogen) atoms. The lowest BCUT2D eigenvalue weighted by atomic mass is 9.80. The van der Waals surface area contributed by atoms with Crippen LogP contribution >= 0.6 is 0 Å². The summed E-state index contributed by atoms with van der Waals surface area (Å²) < 4.78 is 0. The standard InChI is InChI=1S/C29H56N2O4/c1-9-13-28(34,14-10-2)23(19-21(5)6)30-25(32)27(17-18-27)26(33)31-24(20-22(7)8)29(35,15-11-3)16-12-4/h21-24,34-35H,9-20H2,1-8H3,(H,30,32)(H,31,33)/t23-,24-/m1/s1. The molecule has 0 radical (unpaired) electrons. The number of carbonyl (C=O) groups excluding carboxylic acids is 2. The molecular formula is C29H56N2O4. The average molecular weight is 497 g/mol. The minimum absolute atomic E-state index is 0.274. The third kappa shape index (κ3) is 8.73. The van der Waals surface area contributed by atoms with Crippen LogP contribution in [0.1, 0.15) is 132 Å². The van der Waals surface area contributed by atoms with Crippen LogP contribution in [0, 0.1) is 17.3 Å². The van der Waals surface area contributed by atoms with E-state index in [-0.39, 0.29) is 23.9 Å². The summed E-state index contributed by atoms with van der Waals surface area (Å²) >= 11 is 0. The van der Waals surface area contributed by atoms with Gasteiger partial charge in [-0.25, -0.2) is 0 Å². The van der Waals surface area contributed by atoms with E-state index < -0.39 is 16.6 Å². The largest absolute Gasteiger partial charge is 0.388 e. The highest BCUT2D eigenvalue weighted by molar-refractivity contribution is 6.08. The Morgan fingerprint density at radius 2 is 0.971 bits per heavy atom. The van der Waals surface area contributed by atoms with Gasteiger partial charge in [0.05, 0.1) is 23.3 Å². The summed E-state index contributed by atoms with van der Waals surface area (Å²) in [7, 11) is 0. The van der Waals surface area contributed by atoms with Crippen molar-refractivity contribution in [1.82, 2.24) is 10.6 Å². The normalized spacial score (nSPS) is 17.4. The van der Waals surface area contributed by atoms with Gasteiger partial charge in [0.25, 0.3) is 0 Å². The third-order valence-electron chi connectivity index (χ3n) is 7.67. The van der Waals surface area contributed by atoms with Gasteiger partial charge >= 0.3 is 0 Å². The summed E-state index contributed by atoms with van der Waals surface area (Å²) in [6.45, 7) is 16.6. The van der Waals surface area contributed by atoms with Crippen LogP contribution < -0.4 is 10.6 Å². The van der Waals surface area contributed by atoms with Gasteiger partial charge in [0.1, 0.15) is 5.41 Å². The van der Waals surface area contributed by atoms with Gasteiger partial charge in [-0.2, -0.15) is 0 Å². The molecule has 0 bridgehead atoms. The molecule has 2 atom stereocenters. The molecular weight excluding hydrogens is 440 g/mol. The van der Waals surface area contributed by atoms with Crippen LogP contribution in [0.3, 0.4) is 0 Å². The second-order valence-corrected chi connectivity index (χ2v) is 12.1. The Balaban J connectivity index is 3.14. The maximum Gasteiger partial charge on any atom is 0.236 e. The molecule has 2 amide bonds. The number of nitrogens with one attached hydrogen (secondary N) is 2. The number of hydrogen-bond acceptors (Lipinski definition) is 4. The van der Waals surface area contributed by atoms with E-state index in [2.05, 4.69) is 38.3 Å². The fraction of sp³-hybridized carbons (Fsp3) is 0.931. The summed E-state index contributed by atoms with van der Waals surface area (Å²) in [4.78, 5) is 27.2. The summed E-state index contributed by atoms with van der Waals surface area (Å²) in [5.74, 6) is 0.0595. The van der Waals surface area contributed by atoms with Gasteiger partial charge in [-0.1, -0.05) is 81.1 Å². The Morgan fingerprint density at radius 3 is 1.17 bits per heavy atom. The molecule has 1 saturated carbocycles. The van der Waals surface area contributed by atoms with Crippen LogP contribution in [-0.2, 0) is 9.59 Å². The molecule has 0 spiro atoms. The van der Waals surface area contributed by atoms with E-state index in [1.165, 1.54) is 0 Å². The van der Waals surface area contributed by atoms with Gasteiger partial charge in [0.2, 0.25) is 11.8 Å². The van der Waals surface area contributed by atoms with Gasteiger partial charge in [-0.15, -0.1) is 0 Å². The molecule has 4 N–H and O–H groups in total. The first-order valence-corrected chi connectivity index (χ1v) is 14.4. The van der Waals surface area contributed by atoms with Crippen LogP contribution in [0.25, 0.3) is 0 Å². The summed E-state index contributed by atoms with van der Waals surface area (Å²) in [6.07, 6.45) is 8.16. The Morgan fingerprint density at radius 1 is 0.686 bits per heavy atom. The monoisotopic (exact) mass is 496 g/mol. The molecule has 0 saturated heterocycles. The van der Waals surface area contributed by atoms with Crippen molar-refractivity contribution >= 4 is 11.8 Å². The third-order valence-corrected chi connectivity index (χ3v) is 7.67. The lowest BCUT2D eigenvalue weighted by Crippen LogP contribution is -2.59. The zero-order valence-corrected chi connectivity index (χ0v) is 24.0. The fourth-order valence-electron chi connectivity index (χ4n) is 5.72. The predicted octanol–water partition coefficient (Wildman–Crippen LogP) is 5.49. The lowest BCUT2D eigenvalue weighted by molar-refractivity contribution is -0.141. The van der Waals surface area contributed by atoms with Crippen LogP contribution in [0.15, 0.2) is 0 Å². The topological polar surface area (TPSA) is 98.7 Å². The molecule has 0 heterocycles. The van der Waals surface area contributed by atoms with Gasteiger partial charge in [-0.3, -0.25) is 9.59 Å². The van der Waals surface area contributed by atoms with Gasteiger partial charge in [0.15, 0.2) is 0 Å². The Kier molecular flexibility index (Phi) is 12.7. The van der Waals surface area contributed by atoms with E-state index in [9.17, 15) is 19.8 Å². The fourth-order valence-corrected chi connectivity index (χ4v) is 5.72. The van der Waals surface area contributed by atoms with E-state index in [0.29, 0.717) is 63.2 Å². The average Bonchev–Trinajstić information content (AvgIpc) is 3.55. The number of amides is 2. The molecule has 6 nitrogen and oxygen atoms in total. The molecule has 1 aliphatic rings. The van der Waals surface area contributed by atoms with E-state index >= 15 is 0 Å².